The Morgan fingerprint density at radius 3 is 2.48 bits per heavy atom. The van der Waals surface area contributed by atoms with E-state index in [0.29, 0.717) is 0 Å². The highest BCUT2D eigenvalue weighted by Gasteiger charge is 2.09. The third kappa shape index (κ3) is 2.34. The molecule has 0 radical (unpaired) electrons. The fraction of sp³-hybridized carbons (Fsp3) is 0. The van der Waals surface area contributed by atoms with E-state index in [1.54, 1.807) is 0 Å². The molecule has 0 bridgehead atoms. The van der Waals surface area contributed by atoms with Crippen molar-refractivity contribution < 1.29 is 0 Å². The molecule has 0 saturated heterocycles. The summed E-state index contributed by atoms with van der Waals surface area (Å²) in [5, 5.41) is 2.47. The van der Waals surface area contributed by atoms with Crippen molar-refractivity contribution in [2.75, 3.05) is 0 Å². The first-order chi connectivity index (χ1) is 11.4. The van der Waals surface area contributed by atoms with Gasteiger partial charge in [0, 0.05) is 11.3 Å². The normalized spacial score (nSPS) is 10.8. The molecule has 4 aromatic rings. The lowest BCUT2D eigenvalue weighted by atomic mass is 10.0. The second-order valence-corrected chi connectivity index (χ2v) is 5.47. The zero-order valence-corrected chi connectivity index (χ0v) is 12.7. The van der Waals surface area contributed by atoms with Crippen LogP contribution in [0.25, 0.3) is 33.8 Å². The van der Waals surface area contributed by atoms with Gasteiger partial charge in [-0.1, -0.05) is 67.3 Å². The van der Waals surface area contributed by atoms with Gasteiger partial charge < -0.3 is 0 Å². The van der Waals surface area contributed by atoms with Gasteiger partial charge in [0.2, 0.25) is 0 Å². The van der Waals surface area contributed by atoms with Crippen LogP contribution in [0.4, 0.5) is 0 Å². The first-order valence-corrected chi connectivity index (χ1v) is 7.60. The zero-order valence-electron chi connectivity index (χ0n) is 12.7. The van der Waals surface area contributed by atoms with Crippen molar-refractivity contribution in [3.05, 3.63) is 91.4 Å². The largest absolute Gasteiger partial charge is 0.299 e. The number of rotatable bonds is 3. The molecule has 0 saturated carbocycles. The van der Waals surface area contributed by atoms with Gasteiger partial charge >= 0.3 is 0 Å². The Morgan fingerprint density at radius 1 is 0.870 bits per heavy atom. The second-order valence-electron chi connectivity index (χ2n) is 5.47. The third-order valence-corrected chi connectivity index (χ3v) is 4.11. The quantitative estimate of drug-likeness (QED) is 0.499. The number of hydrogen-bond acceptors (Lipinski definition) is 1. The average molecular weight is 296 g/mol. The van der Waals surface area contributed by atoms with E-state index in [1.165, 1.54) is 16.3 Å². The number of aromatic nitrogens is 2. The molecule has 1 heterocycles. The Hall–Kier alpha value is -3.13. The van der Waals surface area contributed by atoms with Gasteiger partial charge in [0.15, 0.2) is 0 Å². The summed E-state index contributed by atoms with van der Waals surface area (Å²) in [6.45, 7) is 3.80. The van der Waals surface area contributed by atoms with Crippen molar-refractivity contribution in [2.45, 2.75) is 0 Å². The van der Waals surface area contributed by atoms with E-state index < -0.39 is 0 Å². The molecule has 0 unspecified atom stereocenters. The Kier molecular flexibility index (Phi) is 3.28. The van der Waals surface area contributed by atoms with Crippen molar-refractivity contribution in [3.63, 3.8) is 0 Å². The van der Waals surface area contributed by atoms with Crippen molar-refractivity contribution >= 4 is 16.8 Å². The van der Waals surface area contributed by atoms with E-state index in [2.05, 4.69) is 82.9 Å². The third-order valence-electron chi connectivity index (χ3n) is 4.11. The second kappa shape index (κ2) is 5.58. The van der Waals surface area contributed by atoms with Crippen LogP contribution < -0.4 is 0 Å². The summed E-state index contributed by atoms with van der Waals surface area (Å²) in [4.78, 5) is 4.37. The molecule has 0 aliphatic rings. The molecule has 4 rings (SSSR count). The van der Waals surface area contributed by atoms with Crippen LogP contribution in [0.1, 0.15) is 5.56 Å². The highest BCUT2D eigenvalue weighted by Crippen LogP contribution is 2.30. The summed E-state index contributed by atoms with van der Waals surface area (Å²) < 4.78 is 2.12. The first-order valence-electron chi connectivity index (χ1n) is 7.60. The maximum Gasteiger partial charge on any atom is 0.0997 e. The molecule has 2 nitrogen and oxygen atoms in total. The smallest absolute Gasteiger partial charge is 0.0997 e. The molecule has 3 aromatic carbocycles. The van der Waals surface area contributed by atoms with Crippen LogP contribution in [0.5, 0.6) is 0 Å². The van der Waals surface area contributed by atoms with E-state index in [4.69, 9.17) is 0 Å². The predicted molar refractivity (Wildman–Crippen MR) is 96.6 cm³/mol. The van der Waals surface area contributed by atoms with E-state index in [9.17, 15) is 0 Å². The summed E-state index contributed by atoms with van der Waals surface area (Å²) in [6.07, 6.45) is 5.63. The molecule has 2 heteroatoms. The lowest BCUT2D eigenvalue weighted by molar-refractivity contribution is 1.06. The van der Waals surface area contributed by atoms with Crippen molar-refractivity contribution in [2.24, 2.45) is 0 Å². The Morgan fingerprint density at radius 2 is 1.65 bits per heavy atom. The van der Waals surface area contributed by atoms with Gasteiger partial charge in [-0.05, 0) is 28.5 Å². The molecule has 23 heavy (non-hydrogen) atoms. The monoisotopic (exact) mass is 296 g/mol. The number of hydrogen-bond donors (Lipinski definition) is 0. The van der Waals surface area contributed by atoms with E-state index in [1.807, 2.05) is 18.6 Å². The van der Waals surface area contributed by atoms with Crippen LogP contribution in [0, 0.1) is 0 Å². The van der Waals surface area contributed by atoms with Gasteiger partial charge in [-0.3, -0.25) is 4.57 Å². The fourth-order valence-electron chi connectivity index (χ4n) is 2.92. The van der Waals surface area contributed by atoms with Crippen molar-refractivity contribution in [3.8, 4) is 16.9 Å². The molecular formula is C21H16N2. The van der Waals surface area contributed by atoms with Crippen LogP contribution in [-0.2, 0) is 0 Å². The van der Waals surface area contributed by atoms with Crippen molar-refractivity contribution in [1.82, 2.24) is 9.55 Å². The summed E-state index contributed by atoms with van der Waals surface area (Å²) >= 11 is 0. The summed E-state index contributed by atoms with van der Waals surface area (Å²) in [5.74, 6) is 0. The molecule has 0 spiro atoms. The first kappa shape index (κ1) is 13.5. The van der Waals surface area contributed by atoms with Crippen LogP contribution in [0.2, 0.25) is 0 Å². The van der Waals surface area contributed by atoms with Crippen LogP contribution in [-0.4, -0.2) is 9.55 Å². The summed E-state index contributed by atoms with van der Waals surface area (Å²) in [7, 11) is 0. The maximum absolute atomic E-state index is 4.37. The van der Waals surface area contributed by atoms with Gasteiger partial charge in [0.1, 0.15) is 0 Å². The minimum atomic E-state index is 1.09. The molecule has 1 aromatic heterocycles. The Bertz CT molecular complexity index is 973. The van der Waals surface area contributed by atoms with E-state index >= 15 is 0 Å². The van der Waals surface area contributed by atoms with Crippen molar-refractivity contribution in [1.29, 1.82) is 0 Å². The van der Waals surface area contributed by atoms with E-state index in [0.717, 1.165) is 16.9 Å². The van der Waals surface area contributed by atoms with Gasteiger partial charge in [0.25, 0.3) is 0 Å². The highest BCUT2D eigenvalue weighted by molar-refractivity contribution is 5.96. The number of benzene rings is 3. The lowest BCUT2D eigenvalue weighted by Crippen LogP contribution is -1.95. The molecular weight excluding hydrogens is 280 g/mol. The highest BCUT2D eigenvalue weighted by atomic mass is 15.0. The Labute approximate surface area is 135 Å². The number of nitrogens with zero attached hydrogens (tertiary/aromatic N) is 2. The average Bonchev–Trinajstić information content (AvgIpc) is 3.11. The Balaban J connectivity index is 1.90. The summed E-state index contributed by atoms with van der Waals surface area (Å²) in [5.41, 5.74) is 4.48. The SMILES string of the molecule is C=Cc1ccc(-n2cncc2-c2cccc3ccccc23)cc1. The van der Waals surface area contributed by atoms with Crippen LogP contribution in [0.3, 0.4) is 0 Å². The minimum absolute atomic E-state index is 1.09. The lowest BCUT2D eigenvalue weighted by Gasteiger charge is -2.11. The van der Waals surface area contributed by atoms with Gasteiger partial charge in [-0.15, -0.1) is 0 Å². The van der Waals surface area contributed by atoms with Gasteiger partial charge in [0.05, 0.1) is 18.2 Å². The number of fused-ring (bicyclic) bond motifs is 1. The minimum Gasteiger partial charge on any atom is -0.299 e. The molecule has 0 fully saturated rings. The maximum atomic E-state index is 4.37. The fourth-order valence-corrected chi connectivity index (χ4v) is 2.92. The molecule has 110 valence electrons. The zero-order chi connectivity index (χ0) is 15.6. The van der Waals surface area contributed by atoms with Crippen LogP contribution in [0.15, 0.2) is 85.8 Å². The molecule has 0 aliphatic heterocycles. The molecule has 0 aliphatic carbocycles. The standard InChI is InChI=1S/C21H16N2/c1-2-16-10-12-18(13-11-16)23-15-22-14-21(23)20-9-5-7-17-6-3-4-8-19(17)20/h2-15H,1H2. The summed E-state index contributed by atoms with van der Waals surface area (Å²) in [6, 6.07) is 23.1. The topological polar surface area (TPSA) is 17.8 Å². The molecule has 0 atom stereocenters. The number of imidazole rings is 1. The predicted octanol–water partition coefficient (Wildman–Crippen LogP) is 5.34. The molecule has 0 N–H and O–H groups in total. The molecule has 0 amide bonds. The van der Waals surface area contributed by atoms with Gasteiger partial charge in [-0.2, -0.15) is 0 Å². The van der Waals surface area contributed by atoms with Crippen LogP contribution >= 0.6 is 0 Å². The van der Waals surface area contributed by atoms with Gasteiger partial charge in [-0.25, -0.2) is 4.98 Å². The van der Waals surface area contributed by atoms with E-state index in [-0.39, 0.29) is 0 Å².